The lowest BCUT2D eigenvalue weighted by Crippen LogP contribution is -2.14. The van der Waals surface area contributed by atoms with Crippen LogP contribution in [-0.4, -0.2) is 16.2 Å². The standard InChI is InChI=1S/C16H17N3OS/c1-10(2)8-11-4-6-12(7-5-11)14-13(9-17)15(20)19-16(18-14)21-3/h4-7,10H,8H2,1-3H3,(H,18,19,20). The average molecular weight is 299 g/mol. The summed E-state index contributed by atoms with van der Waals surface area (Å²) in [6, 6.07) is 9.84. The van der Waals surface area contributed by atoms with Gasteiger partial charge >= 0.3 is 0 Å². The van der Waals surface area contributed by atoms with Crippen LogP contribution in [0.4, 0.5) is 0 Å². The fourth-order valence-electron chi connectivity index (χ4n) is 2.13. The number of hydrogen-bond donors (Lipinski definition) is 1. The molecule has 0 aliphatic rings. The Morgan fingerprint density at radius 3 is 2.52 bits per heavy atom. The van der Waals surface area contributed by atoms with Crippen molar-refractivity contribution in [1.82, 2.24) is 9.97 Å². The topological polar surface area (TPSA) is 69.5 Å². The Morgan fingerprint density at radius 1 is 1.33 bits per heavy atom. The third-order valence-electron chi connectivity index (χ3n) is 3.07. The Bertz CT molecular complexity index is 727. The van der Waals surface area contributed by atoms with Gasteiger partial charge in [-0.1, -0.05) is 49.9 Å². The average Bonchev–Trinajstić information content (AvgIpc) is 2.46. The molecule has 5 heteroatoms. The van der Waals surface area contributed by atoms with Gasteiger partial charge in [0.05, 0.1) is 5.69 Å². The first kappa shape index (κ1) is 15.3. The van der Waals surface area contributed by atoms with Crippen molar-refractivity contribution in [2.75, 3.05) is 6.26 Å². The Hall–Kier alpha value is -2.06. The first-order chi connectivity index (χ1) is 10.0. The first-order valence-electron chi connectivity index (χ1n) is 6.73. The molecule has 108 valence electrons. The van der Waals surface area contributed by atoms with E-state index < -0.39 is 5.56 Å². The molecule has 0 spiro atoms. The number of thioether (sulfide) groups is 1. The maximum absolute atomic E-state index is 11.9. The monoisotopic (exact) mass is 299 g/mol. The summed E-state index contributed by atoms with van der Waals surface area (Å²) < 4.78 is 0. The Balaban J connectivity index is 2.48. The number of hydrogen-bond acceptors (Lipinski definition) is 4. The van der Waals surface area contributed by atoms with Crippen molar-refractivity contribution in [1.29, 1.82) is 5.26 Å². The molecular weight excluding hydrogens is 282 g/mol. The molecule has 0 radical (unpaired) electrons. The Labute approximate surface area is 128 Å². The molecule has 0 saturated heterocycles. The van der Waals surface area contributed by atoms with Crippen LogP contribution in [0.25, 0.3) is 11.3 Å². The van der Waals surface area contributed by atoms with Crippen molar-refractivity contribution >= 4 is 11.8 Å². The van der Waals surface area contributed by atoms with Crippen molar-refractivity contribution in [3.05, 3.63) is 45.7 Å². The maximum Gasteiger partial charge on any atom is 0.270 e. The summed E-state index contributed by atoms with van der Waals surface area (Å²) in [6.45, 7) is 4.34. The van der Waals surface area contributed by atoms with Gasteiger partial charge < -0.3 is 4.98 Å². The summed E-state index contributed by atoms with van der Waals surface area (Å²) in [4.78, 5) is 18.9. The number of H-pyrrole nitrogens is 1. The van der Waals surface area contributed by atoms with E-state index in [1.165, 1.54) is 17.3 Å². The molecule has 21 heavy (non-hydrogen) atoms. The zero-order chi connectivity index (χ0) is 15.4. The van der Waals surface area contributed by atoms with Crippen LogP contribution in [0.15, 0.2) is 34.2 Å². The van der Waals surface area contributed by atoms with Gasteiger partial charge in [-0.05, 0) is 24.2 Å². The van der Waals surface area contributed by atoms with E-state index in [4.69, 9.17) is 0 Å². The van der Waals surface area contributed by atoms with Gasteiger partial charge in [0.15, 0.2) is 5.16 Å². The molecule has 2 aromatic rings. The number of rotatable bonds is 4. The van der Waals surface area contributed by atoms with Crippen molar-refractivity contribution < 1.29 is 0 Å². The fourth-order valence-corrected chi connectivity index (χ4v) is 2.51. The smallest absolute Gasteiger partial charge is 0.270 e. The molecule has 1 aromatic carbocycles. The maximum atomic E-state index is 11.9. The molecule has 0 aliphatic heterocycles. The van der Waals surface area contributed by atoms with Gasteiger partial charge in [-0.25, -0.2) is 4.98 Å². The largest absolute Gasteiger partial charge is 0.300 e. The van der Waals surface area contributed by atoms with Gasteiger partial charge in [0.2, 0.25) is 0 Å². The highest BCUT2D eigenvalue weighted by molar-refractivity contribution is 7.98. The van der Waals surface area contributed by atoms with Crippen LogP contribution in [0.5, 0.6) is 0 Å². The minimum atomic E-state index is -0.391. The van der Waals surface area contributed by atoms with E-state index in [9.17, 15) is 10.1 Å². The van der Waals surface area contributed by atoms with Crippen LogP contribution in [0.3, 0.4) is 0 Å². The van der Waals surface area contributed by atoms with Crippen molar-refractivity contribution in [3.8, 4) is 17.3 Å². The third-order valence-corrected chi connectivity index (χ3v) is 3.65. The Kier molecular flexibility index (Phi) is 4.81. The molecule has 0 bridgehead atoms. The van der Waals surface area contributed by atoms with E-state index in [1.54, 1.807) is 0 Å². The normalized spacial score (nSPS) is 10.6. The second-order valence-electron chi connectivity index (χ2n) is 5.21. The second kappa shape index (κ2) is 6.59. The molecule has 2 rings (SSSR count). The summed E-state index contributed by atoms with van der Waals surface area (Å²) in [5.41, 5.74) is 2.15. The quantitative estimate of drug-likeness (QED) is 0.695. The van der Waals surface area contributed by atoms with Crippen molar-refractivity contribution in [3.63, 3.8) is 0 Å². The van der Waals surface area contributed by atoms with E-state index in [0.717, 1.165) is 12.0 Å². The molecular formula is C16H17N3OS. The van der Waals surface area contributed by atoms with Gasteiger partial charge in [0, 0.05) is 5.56 Å². The predicted molar refractivity (Wildman–Crippen MR) is 85.3 cm³/mol. The molecule has 1 aromatic heterocycles. The van der Waals surface area contributed by atoms with Crippen LogP contribution in [0, 0.1) is 17.2 Å². The molecule has 0 unspecified atom stereocenters. The van der Waals surface area contributed by atoms with Crippen LogP contribution in [0.1, 0.15) is 25.0 Å². The highest BCUT2D eigenvalue weighted by Gasteiger charge is 2.13. The molecule has 1 heterocycles. The minimum absolute atomic E-state index is 0.0596. The number of nitriles is 1. The summed E-state index contributed by atoms with van der Waals surface area (Å²) in [6.07, 6.45) is 2.84. The molecule has 0 fully saturated rings. The predicted octanol–water partition coefficient (Wildman–Crippen LogP) is 3.23. The Morgan fingerprint density at radius 2 is 2.00 bits per heavy atom. The van der Waals surface area contributed by atoms with E-state index in [1.807, 2.05) is 36.6 Å². The number of nitrogens with zero attached hydrogens (tertiary/aromatic N) is 2. The fraction of sp³-hybridized carbons (Fsp3) is 0.312. The van der Waals surface area contributed by atoms with Gasteiger partial charge in [0.25, 0.3) is 5.56 Å². The summed E-state index contributed by atoms with van der Waals surface area (Å²) >= 11 is 1.35. The van der Waals surface area contributed by atoms with E-state index in [-0.39, 0.29) is 5.56 Å². The van der Waals surface area contributed by atoms with Crippen molar-refractivity contribution in [2.24, 2.45) is 5.92 Å². The zero-order valence-electron chi connectivity index (χ0n) is 12.3. The van der Waals surface area contributed by atoms with E-state index in [2.05, 4.69) is 23.8 Å². The van der Waals surface area contributed by atoms with Gasteiger partial charge in [-0.3, -0.25) is 4.79 Å². The molecule has 0 saturated carbocycles. The molecule has 0 aliphatic carbocycles. The number of aromatic amines is 1. The van der Waals surface area contributed by atoms with Crippen LogP contribution in [0.2, 0.25) is 0 Å². The summed E-state index contributed by atoms with van der Waals surface area (Å²) in [5.74, 6) is 0.589. The minimum Gasteiger partial charge on any atom is -0.300 e. The van der Waals surface area contributed by atoms with Gasteiger partial charge in [-0.15, -0.1) is 0 Å². The highest BCUT2D eigenvalue weighted by Crippen LogP contribution is 2.22. The van der Waals surface area contributed by atoms with E-state index in [0.29, 0.717) is 16.8 Å². The third kappa shape index (κ3) is 3.53. The first-order valence-corrected chi connectivity index (χ1v) is 7.95. The highest BCUT2D eigenvalue weighted by atomic mass is 32.2. The SMILES string of the molecule is CSc1nc(-c2ccc(CC(C)C)cc2)c(C#N)c(=O)[nH]1. The van der Waals surface area contributed by atoms with E-state index >= 15 is 0 Å². The lowest BCUT2D eigenvalue weighted by atomic mass is 10.00. The molecule has 0 amide bonds. The number of aromatic nitrogens is 2. The number of benzene rings is 1. The lowest BCUT2D eigenvalue weighted by molar-refractivity contribution is 0.647. The van der Waals surface area contributed by atoms with Crippen LogP contribution in [-0.2, 0) is 6.42 Å². The van der Waals surface area contributed by atoms with Crippen LogP contribution < -0.4 is 5.56 Å². The van der Waals surface area contributed by atoms with Crippen molar-refractivity contribution in [2.45, 2.75) is 25.4 Å². The zero-order valence-corrected chi connectivity index (χ0v) is 13.1. The summed E-state index contributed by atoms with van der Waals surface area (Å²) in [7, 11) is 0. The molecule has 4 nitrogen and oxygen atoms in total. The number of nitrogens with one attached hydrogen (secondary N) is 1. The summed E-state index contributed by atoms with van der Waals surface area (Å²) in [5, 5.41) is 9.70. The van der Waals surface area contributed by atoms with Gasteiger partial charge in [0.1, 0.15) is 11.6 Å². The lowest BCUT2D eigenvalue weighted by Gasteiger charge is -2.08. The van der Waals surface area contributed by atoms with Crippen LogP contribution >= 0.6 is 11.8 Å². The molecule has 1 N–H and O–H groups in total. The van der Waals surface area contributed by atoms with Gasteiger partial charge in [-0.2, -0.15) is 5.26 Å². The molecule has 0 atom stereocenters. The second-order valence-corrected chi connectivity index (χ2v) is 6.00.